The summed E-state index contributed by atoms with van der Waals surface area (Å²) in [5.41, 5.74) is 1.05. The van der Waals surface area contributed by atoms with Crippen LogP contribution in [0.1, 0.15) is 18.9 Å². The highest BCUT2D eigenvalue weighted by Gasteiger charge is 2.08. The lowest BCUT2D eigenvalue weighted by molar-refractivity contribution is -0.118. The zero-order valence-electron chi connectivity index (χ0n) is 12.9. The summed E-state index contributed by atoms with van der Waals surface area (Å²) in [4.78, 5) is 12.0. The highest BCUT2D eigenvalue weighted by Crippen LogP contribution is 2.26. The summed E-state index contributed by atoms with van der Waals surface area (Å²) in [7, 11) is 0. The molecule has 0 bridgehead atoms. The van der Waals surface area contributed by atoms with E-state index in [1.165, 1.54) is 0 Å². The fraction of sp³-hybridized carbons (Fsp3) is 0.222. The number of nitriles is 1. The minimum Gasteiger partial charge on any atom is -0.490 e. The molecular weight excluding hydrogens is 292 g/mol. The predicted octanol–water partition coefficient (Wildman–Crippen LogP) is 3.36. The molecule has 23 heavy (non-hydrogen) atoms. The first-order chi connectivity index (χ1) is 11.2. The van der Waals surface area contributed by atoms with Gasteiger partial charge in [-0.3, -0.25) is 4.79 Å². The fourth-order valence-corrected chi connectivity index (χ4v) is 1.91. The first kappa shape index (κ1) is 16.4. The van der Waals surface area contributed by atoms with Gasteiger partial charge in [0.05, 0.1) is 18.2 Å². The van der Waals surface area contributed by atoms with E-state index >= 15 is 0 Å². The Kier molecular flexibility index (Phi) is 6.01. The van der Waals surface area contributed by atoms with Crippen molar-refractivity contribution in [3.8, 4) is 17.6 Å². The van der Waals surface area contributed by atoms with Crippen LogP contribution in [0.4, 0.5) is 5.69 Å². The molecule has 0 aromatic heterocycles. The molecule has 0 saturated carbocycles. The summed E-state index contributed by atoms with van der Waals surface area (Å²) in [5.74, 6) is 0.848. The summed E-state index contributed by atoms with van der Waals surface area (Å²) < 4.78 is 11.1. The monoisotopic (exact) mass is 310 g/mol. The topological polar surface area (TPSA) is 71.3 Å². The maximum atomic E-state index is 12.0. The first-order valence-corrected chi connectivity index (χ1v) is 7.37. The largest absolute Gasteiger partial charge is 0.490 e. The first-order valence-electron chi connectivity index (χ1n) is 7.37. The Morgan fingerprint density at radius 1 is 1.13 bits per heavy atom. The Balaban J connectivity index is 1.93. The second-order valence-corrected chi connectivity index (χ2v) is 4.82. The average Bonchev–Trinajstić information content (AvgIpc) is 2.59. The molecule has 5 nitrogen and oxygen atoms in total. The van der Waals surface area contributed by atoms with Gasteiger partial charge in [0.2, 0.25) is 0 Å². The third-order valence-corrected chi connectivity index (χ3v) is 2.95. The molecule has 1 amide bonds. The second-order valence-electron chi connectivity index (χ2n) is 4.82. The Bertz CT molecular complexity index is 707. The van der Waals surface area contributed by atoms with Crippen molar-refractivity contribution in [3.63, 3.8) is 0 Å². The van der Waals surface area contributed by atoms with E-state index in [0.29, 0.717) is 29.4 Å². The number of benzene rings is 2. The van der Waals surface area contributed by atoms with Crippen LogP contribution in [0.5, 0.6) is 11.5 Å². The van der Waals surface area contributed by atoms with Crippen molar-refractivity contribution in [2.75, 3.05) is 18.5 Å². The van der Waals surface area contributed by atoms with E-state index < -0.39 is 0 Å². The lowest BCUT2D eigenvalue weighted by Gasteiger charge is -2.12. The van der Waals surface area contributed by atoms with Gasteiger partial charge in [-0.1, -0.05) is 25.1 Å². The molecule has 0 unspecified atom stereocenters. The molecule has 0 aliphatic heterocycles. The molecule has 0 aliphatic carbocycles. The highest BCUT2D eigenvalue weighted by atomic mass is 16.5. The van der Waals surface area contributed by atoms with Crippen molar-refractivity contribution in [3.05, 3.63) is 54.1 Å². The van der Waals surface area contributed by atoms with Crippen molar-refractivity contribution < 1.29 is 14.3 Å². The van der Waals surface area contributed by atoms with Crippen LogP contribution in [-0.2, 0) is 4.79 Å². The maximum absolute atomic E-state index is 12.0. The van der Waals surface area contributed by atoms with Gasteiger partial charge in [-0.2, -0.15) is 5.26 Å². The Hall–Kier alpha value is -3.00. The Morgan fingerprint density at radius 2 is 1.87 bits per heavy atom. The number of nitrogens with one attached hydrogen (secondary N) is 1. The van der Waals surface area contributed by atoms with E-state index in [9.17, 15) is 4.79 Å². The summed E-state index contributed by atoms with van der Waals surface area (Å²) >= 11 is 0. The van der Waals surface area contributed by atoms with Gasteiger partial charge in [-0.25, -0.2) is 0 Å². The zero-order valence-corrected chi connectivity index (χ0v) is 12.9. The number of anilines is 1. The van der Waals surface area contributed by atoms with E-state index in [2.05, 4.69) is 5.32 Å². The van der Waals surface area contributed by atoms with Crippen LogP contribution in [0.3, 0.4) is 0 Å². The number of carbonyl (C=O) groups excluding carboxylic acids is 1. The molecule has 0 spiro atoms. The van der Waals surface area contributed by atoms with Crippen LogP contribution in [0, 0.1) is 11.3 Å². The quantitative estimate of drug-likeness (QED) is 0.851. The lowest BCUT2D eigenvalue weighted by atomic mass is 10.2. The van der Waals surface area contributed by atoms with Crippen LogP contribution in [-0.4, -0.2) is 19.1 Å². The molecule has 0 fully saturated rings. The number of carbonyl (C=O) groups is 1. The van der Waals surface area contributed by atoms with Crippen molar-refractivity contribution in [1.29, 1.82) is 5.26 Å². The van der Waals surface area contributed by atoms with Gasteiger partial charge >= 0.3 is 0 Å². The number of para-hydroxylation sites is 2. The van der Waals surface area contributed by atoms with Gasteiger partial charge in [-0.15, -0.1) is 0 Å². The zero-order chi connectivity index (χ0) is 16.5. The molecule has 0 radical (unpaired) electrons. The van der Waals surface area contributed by atoms with E-state index in [0.717, 1.165) is 6.42 Å². The highest BCUT2D eigenvalue weighted by molar-refractivity contribution is 5.92. The van der Waals surface area contributed by atoms with E-state index in [1.807, 2.05) is 25.1 Å². The number of rotatable bonds is 7. The van der Waals surface area contributed by atoms with Crippen molar-refractivity contribution >= 4 is 11.6 Å². The van der Waals surface area contributed by atoms with Crippen LogP contribution in [0.25, 0.3) is 0 Å². The van der Waals surface area contributed by atoms with Crippen LogP contribution < -0.4 is 14.8 Å². The summed E-state index contributed by atoms with van der Waals surface area (Å²) in [6.07, 6.45) is 0.893. The minimum absolute atomic E-state index is 0.136. The van der Waals surface area contributed by atoms with Gasteiger partial charge in [0, 0.05) is 5.69 Å². The maximum Gasteiger partial charge on any atom is 0.262 e. The fourth-order valence-electron chi connectivity index (χ4n) is 1.91. The van der Waals surface area contributed by atoms with E-state index in [-0.39, 0.29) is 12.5 Å². The van der Waals surface area contributed by atoms with Gasteiger partial charge < -0.3 is 14.8 Å². The summed E-state index contributed by atoms with van der Waals surface area (Å²) in [5, 5.41) is 11.5. The number of amides is 1. The number of hydrogen-bond donors (Lipinski definition) is 1. The molecule has 2 aromatic carbocycles. The Morgan fingerprint density at radius 3 is 2.57 bits per heavy atom. The third-order valence-electron chi connectivity index (χ3n) is 2.95. The normalized spacial score (nSPS) is 9.74. The molecule has 2 rings (SSSR count). The Labute approximate surface area is 135 Å². The minimum atomic E-state index is -0.301. The third kappa shape index (κ3) is 5.04. The van der Waals surface area contributed by atoms with Crippen LogP contribution >= 0.6 is 0 Å². The number of ether oxygens (including phenoxy) is 2. The van der Waals surface area contributed by atoms with Crippen molar-refractivity contribution in [2.24, 2.45) is 0 Å². The van der Waals surface area contributed by atoms with Gasteiger partial charge in [0.25, 0.3) is 5.91 Å². The molecule has 1 N–H and O–H groups in total. The summed E-state index contributed by atoms with van der Waals surface area (Å²) in [6.45, 7) is 2.48. The molecule has 0 saturated heterocycles. The predicted molar refractivity (Wildman–Crippen MR) is 87.5 cm³/mol. The lowest BCUT2D eigenvalue weighted by Crippen LogP contribution is -2.20. The SMILES string of the molecule is CCCOc1ccccc1OCC(=O)Nc1cccc(C#N)c1. The number of nitrogens with zero attached hydrogens (tertiary/aromatic N) is 1. The smallest absolute Gasteiger partial charge is 0.262 e. The summed E-state index contributed by atoms with van der Waals surface area (Å²) in [6, 6.07) is 16.0. The van der Waals surface area contributed by atoms with E-state index in [1.54, 1.807) is 36.4 Å². The standard InChI is InChI=1S/C18H18N2O3/c1-2-10-22-16-8-3-4-9-17(16)23-13-18(21)20-15-7-5-6-14(11-15)12-19/h3-9,11H,2,10,13H2,1H3,(H,20,21). The van der Waals surface area contributed by atoms with Crippen molar-refractivity contribution in [2.45, 2.75) is 13.3 Å². The van der Waals surface area contributed by atoms with Gasteiger partial charge in [-0.05, 0) is 36.8 Å². The van der Waals surface area contributed by atoms with Gasteiger partial charge in [0.1, 0.15) is 0 Å². The molecular formula is C18H18N2O3. The van der Waals surface area contributed by atoms with Crippen LogP contribution in [0.15, 0.2) is 48.5 Å². The van der Waals surface area contributed by atoms with E-state index in [4.69, 9.17) is 14.7 Å². The van der Waals surface area contributed by atoms with Gasteiger partial charge in [0.15, 0.2) is 18.1 Å². The number of hydrogen-bond acceptors (Lipinski definition) is 4. The molecule has 5 heteroatoms. The average molecular weight is 310 g/mol. The second kappa shape index (κ2) is 8.44. The van der Waals surface area contributed by atoms with Crippen LogP contribution in [0.2, 0.25) is 0 Å². The molecule has 0 heterocycles. The molecule has 0 atom stereocenters. The molecule has 0 aliphatic rings. The molecule has 118 valence electrons. The molecule has 2 aromatic rings. The van der Waals surface area contributed by atoms with Crippen molar-refractivity contribution in [1.82, 2.24) is 0 Å².